The minimum Gasteiger partial charge on any atom is -0.466 e. The molecular weight excluding hydrogens is 380 g/mol. The van der Waals surface area contributed by atoms with Gasteiger partial charge in [0.2, 0.25) is 0 Å². The van der Waals surface area contributed by atoms with Crippen molar-refractivity contribution in [3.05, 3.63) is 70.9 Å². The van der Waals surface area contributed by atoms with Crippen molar-refractivity contribution in [2.45, 2.75) is 26.8 Å². The largest absolute Gasteiger partial charge is 0.466 e. The van der Waals surface area contributed by atoms with E-state index in [2.05, 4.69) is 20.6 Å². The number of amides is 1. The summed E-state index contributed by atoms with van der Waals surface area (Å²) in [4.78, 5) is 33.3. The van der Waals surface area contributed by atoms with Gasteiger partial charge in [-0.05, 0) is 37.1 Å². The molecule has 7 heteroatoms. The van der Waals surface area contributed by atoms with Crippen LogP contribution in [-0.4, -0.2) is 28.5 Å². The summed E-state index contributed by atoms with van der Waals surface area (Å²) in [7, 11) is 0. The topological polar surface area (TPSA) is 93.2 Å². The Labute approximate surface area is 174 Å². The summed E-state index contributed by atoms with van der Waals surface area (Å²) in [6.07, 6.45) is 0.219. The Kier molecular flexibility index (Phi) is 5.43. The van der Waals surface area contributed by atoms with Crippen LogP contribution in [0.25, 0.3) is 11.4 Å². The highest BCUT2D eigenvalue weighted by atomic mass is 16.5. The number of hydrogen-bond donors (Lipinski definition) is 2. The number of rotatable bonds is 6. The Morgan fingerprint density at radius 3 is 2.63 bits per heavy atom. The second-order valence-corrected chi connectivity index (χ2v) is 7.02. The molecule has 4 rings (SSSR count). The number of nitrogens with one attached hydrogen (secondary N) is 2. The van der Waals surface area contributed by atoms with Crippen molar-refractivity contribution in [2.24, 2.45) is 0 Å². The normalized spacial score (nSPS) is 12.3. The van der Waals surface area contributed by atoms with Crippen LogP contribution in [0.1, 0.15) is 34.1 Å². The second kappa shape index (κ2) is 8.32. The first kappa shape index (κ1) is 19.6. The molecule has 1 amide bonds. The van der Waals surface area contributed by atoms with Gasteiger partial charge in [-0.2, -0.15) is 0 Å². The van der Waals surface area contributed by atoms with Gasteiger partial charge in [0.15, 0.2) is 5.82 Å². The van der Waals surface area contributed by atoms with E-state index in [1.54, 1.807) is 6.92 Å². The lowest BCUT2D eigenvalue weighted by molar-refractivity contribution is -0.142. The Morgan fingerprint density at radius 1 is 1.13 bits per heavy atom. The van der Waals surface area contributed by atoms with Crippen LogP contribution in [0.2, 0.25) is 0 Å². The van der Waals surface area contributed by atoms with Crippen LogP contribution in [0.4, 0.5) is 11.5 Å². The fraction of sp³-hybridized carbons (Fsp3) is 0.217. The zero-order valence-electron chi connectivity index (χ0n) is 16.9. The SMILES string of the molecule is CCOC(=O)Cc1ccc(Nc2nc(-c3ccccc3C)nc3c2C(=O)NC3)cc1. The lowest BCUT2D eigenvalue weighted by Gasteiger charge is -2.12. The van der Waals surface area contributed by atoms with Gasteiger partial charge in [-0.3, -0.25) is 9.59 Å². The lowest BCUT2D eigenvalue weighted by atomic mass is 10.1. The number of aryl methyl sites for hydroxylation is 1. The molecule has 0 unspecified atom stereocenters. The summed E-state index contributed by atoms with van der Waals surface area (Å²) >= 11 is 0. The zero-order valence-corrected chi connectivity index (χ0v) is 16.9. The molecule has 1 aromatic heterocycles. The lowest BCUT2D eigenvalue weighted by Crippen LogP contribution is -2.14. The molecule has 0 saturated carbocycles. The highest BCUT2D eigenvalue weighted by Gasteiger charge is 2.27. The maximum Gasteiger partial charge on any atom is 0.310 e. The van der Waals surface area contributed by atoms with E-state index in [1.165, 1.54) is 0 Å². The Balaban J connectivity index is 1.65. The van der Waals surface area contributed by atoms with Gasteiger partial charge < -0.3 is 15.4 Å². The van der Waals surface area contributed by atoms with E-state index in [-0.39, 0.29) is 18.3 Å². The molecule has 0 spiro atoms. The van der Waals surface area contributed by atoms with E-state index < -0.39 is 0 Å². The third kappa shape index (κ3) is 4.00. The minimum absolute atomic E-state index is 0.192. The van der Waals surface area contributed by atoms with Crippen LogP contribution in [0, 0.1) is 6.92 Å². The van der Waals surface area contributed by atoms with E-state index >= 15 is 0 Å². The zero-order chi connectivity index (χ0) is 21.1. The number of fused-ring (bicyclic) bond motifs is 1. The fourth-order valence-corrected chi connectivity index (χ4v) is 3.38. The maximum atomic E-state index is 12.3. The summed E-state index contributed by atoms with van der Waals surface area (Å²) in [5.41, 5.74) is 4.73. The monoisotopic (exact) mass is 402 g/mol. The van der Waals surface area contributed by atoms with Gasteiger partial charge in [0.1, 0.15) is 11.4 Å². The summed E-state index contributed by atoms with van der Waals surface area (Å²) in [5.74, 6) is 0.588. The number of anilines is 2. The van der Waals surface area contributed by atoms with Crippen LogP contribution >= 0.6 is 0 Å². The summed E-state index contributed by atoms with van der Waals surface area (Å²) in [5, 5.41) is 6.06. The Morgan fingerprint density at radius 2 is 1.90 bits per heavy atom. The Hall–Kier alpha value is -3.74. The number of hydrogen-bond acceptors (Lipinski definition) is 6. The number of aromatic nitrogens is 2. The second-order valence-electron chi connectivity index (χ2n) is 7.02. The third-order valence-corrected chi connectivity index (χ3v) is 4.88. The van der Waals surface area contributed by atoms with Gasteiger partial charge in [0.25, 0.3) is 5.91 Å². The standard InChI is InChI=1S/C23H22N4O3/c1-3-30-19(28)12-15-8-10-16(11-9-15)25-22-20-18(13-24-23(20)29)26-21(27-22)17-7-5-4-6-14(17)2/h4-11H,3,12-13H2,1-2H3,(H,24,29)(H,25,26,27). The summed E-state index contributed by atoms with van der Waals surface area (Å²) < 4.78 is 4.98. The predicted octanol–water partition coefficient (Wildman–Crippen LogP) is 3.54. The Bertz CT molecular complexity index is 1110. The van der Waals surface area contributed by atoms with Gasteiger partial charge in [-0.15, -0.1) is 0 Å². The first-order chi connectivity index (χ1) is 14.5. The van der Waals surface area contributed by atoms with Crippen molar-refractivity contribution in [1.82, 2.24) is 15.3 Å². The van der Waals surface area contributed by atoms with Crippen LogP contribution in [0.15, 0.2) is 48.5 Å². The van der Waals surface area contributed by atoms with E-state index in [9.17, 15) is 9.59 Å². The van der Waals surface area contributed by atoms with Crippen molar-refractivity contribution in [3.8, 4) is 11.4 Å². The van der Waals surface area contributed by atoms with Crippen LogP contribution in [-0.2, 0) is 22.5 Å². The van der Waals surface area contributed by atoms with Crippen molar-refractivity contribution in [1.29, 1.82) is 0 Å². The van der Waals surface area contributed by atoms with Gasteiger partial charge in [-0.1, -0.05) is 36.4 Å². The number of carbonyl (C=O) groups is 2. The van der Waals surface area contributed by atoms with E-state index in [4.69, 9.17) is 4.74 Å². The molecule has 3 aromatic rings. The van der Waals surface area contributed by atoms with E-state index in [0.29, 0.717) is 36.1 Å². The number of benzene rings is 2. The van der Waals surface area contributed by atoms with Gasteiger partial charge in [0.05, 0.1) is 25.3 Å². The van der Waals surface area contributed by atoms with Crippen LogP contribution in [0.5, 0.6) is 0 Å². The quantitative estimate of drug-likeness (QED) is 0.613. The van der Waals surface area contributed by atoms with E-state index in [0.717, 1.165) is 22.4 Å². The molecule has 0 saturated heterocycles. The summed E-state index contributed by atoms with van der Waals surface area (Å²) in [6, 6.07) is 15.3. The summed E-state index contributed by atoms with van der Waals surface area (Å²) in [6.45, 7) is 4.53. The van der Waals surface area contributed by atoms with Crippen LogP contribution in [0.3, 0.4) is 0 Å². The molecule has 2 N–H and O–H groups in total. The van der Waals surface area contributed by atoms with Gasteiger partial charge in [0, 0.05) is 11.3 Å². The molecule has 152 valence electrons. The first-order valence-corrected chi connectivity index (χ1v) is 9.82. The number of nitrogens with zero attached hydrogens (tertiary/aromatic N) is 2. The minimum atomic E-state index is -0.258. The predicted molar refractivity (Wildman–Crippen MR) is 113 cm³/mol. The van der Waals surface area contributed by atoms with Crippen molar-refractivity contribution in [3.63, 3.8) is 0 Å². The molecule has 0 atom stereocenters. The average Bonchev–Trinajstić information content (AvgIpc) is 3.11. The van der Waals surface area contributed by atoms with E-state index in [1.807, 2.05) is 55.5 Å². The fourth-order valence-electron chi connectivity index (χ4n) is 3.38. The molecule has 1 aliphatic heterocycles. The molecule has 1 aliphatic rings. The van der Waals surface area contributed by atoms with Gasteiger partial charge in [-0.25, -0.2) is 9.97 Å². The van der Waals surface area contributed by atoms with Crippen LogP contribution < -0.4 is 10.6 Å². The molecule has 30 heavy (non-hydrogen) atoms. The molecule has 0 radical (unpaired) electrons. The van der Waals surface area contributed by atoms with Gasteiger partial charge >= 0.3 is 5.97 Å². The third-order valence-electron chi connectivity index (χ3n) is 4.88. The molecule has 2 heterocycles. The number of ether oxygens (including phenoxy) is 1. The number of esters is 1. The molecule has 0 aliphatic carbocycles. The molecule has 0 fully saturated rings. The molecular formula is C23H22N4O3. The first-order valence-electron chi connectivity index (χ1n) is 9.82. The van der Waals surface area contributed by atoms with Crippen molar-refractivity contribution < 1.29 is 14.3 Å². The molecule has 0 bridgehead atoms. The molecule has 2 aromatic carbocycles. The maximum absolute atomic E-state index is 12.3. The van der Waals surface area contributed by atoms with Crippen molar-refractivity contribution in [2.75, 3.05) is 11.9 Å². The number of carbonyl (C=O) groups excluding carboxylic acids is 2. The average molecular weight is 402 g/mol. The smallest absolute Gasteiger partial charge is 0.310 e. The van der Waals surface area contributed by atoms with Crippen molar-refractivity contribution >= 4 is 23.4 Å². The molecule has 7 nitrogen and oxygen atoms in total. The highest BCUT2D eigenvalue weighted by Crippen LogP contribution is 2.29. The highest BCUT2D eigenvalue weighted by molar-refractivity contribution is 6.03.